The van der Waals surface area contributed by atoms with Gasteiger partial charge in [-0.25, -0.2) is 4.79 Å². The fourth-order valence-electron chi connectivity index (χ4n) is 4.78. The minimum absolute atomic E-state index is 0.0351. The van der Waals surface area contributed by atoms with Gasteiger partial charge in [0.05, 0.1) is 18.3 Å². The highest BCUT2D eigenvalue weighted by Crippen LogP contribution is 2.45. The molecule has 7 nitrogen and oxygen atoms in total. The van der Waals surface area contributed by atoms with Crippen molar-refractivity contribution in [1.82, 2.24) is 5.16 Å². The smallest absolute Gasteiger partial charge is 0.478 e. The minimum Gasteiger partial charge on any atom is -0.478 e. The number of piperidine rings is 1. The van der Waals surface area contributed by atoms with Crippen molar-refractivity contribution in [2.24, 2.45) is 0 Å². The van der Waals surface area contributed by atoms with E-state index < -0.39 is 12.3 Å². The van der Waals surface area contributed by atoms with Gasteiger partial charge in [-0.2, -0.15) is 0 Å². The number of anilines is 1. The molecule has 37 heavy (non-hydrogen) atoms. The maximum Gasteiger partial charge on any atom is 0.573 e. The Balaban J connectivity index is 1.28. The van der Waals surface area contributed by atoms with Crippen molar-refractivity contribution in [3.63, 3.8) is 0 Å². The van der Waals surface area contributed by atoms with E-state index in [0.717, 1.165) is 44.5 Å². The van der Waals surface area contributed by atoms with E-state index in [2.05, 4.69) is 14.8 Å². The summed E-state index contributed by atoms with van der Waals surface area (Å²) in [5, 5.41) is 13.4. The lowest BCUT2D eigenvalue weighted by Gasteiger charge is -2.33. The number of hydrogen-bond donors (Lipinski definition) is 1. The number of aryl methyl sites for hydroxylation is 1. The first-order valence-electron chi connectivity index (χ1n) is 12.2. The standard InChI is InChI=1S/C27H27F3N2O5/c1-16-14-18(8-9-20(16)26(33)34)32-12-10-19(11-13-32)35-15-22-24(31-37-25(22)17-6-7-17)21-4-2-3-5-23(21)36-27(28,29)30/h2-5,8-9,14,17,19H,6-7,10-13,15H2,1H3,(H,33,34). The van der Waals surface area contributed by atoms with Gasteiger partial charge in [0.2, 0.25) is 0 Å². The van der Waals surface area contributed by atoms with Gasteiger partial charge in [0, 0.05) is 35.8 Å². The van der Waals surface area contributed by atoms with Crippen molar-refractivity contribution in [3.05, 3.63) is 64.9 Å². The molecule has 2 aromatic carbocycles. The molecule has 2 aliphatic rings. The fraction of sp³-hybridized carbons (Fsp3) is 0.407. The quantitative estimate of drug-likeness (QED) is 0.376. The number of aromatic nitrogens is 1. The number of para-hydroxylation sites is 1. The van der Waals surface area contributed by atoms with Crippen LogP contribution in [0.3, 0.4) is 0 Å². The number of hydrogen-bond acceptors (Lipinski definition) is 6. The van der Waals surface area contributed by atoms with Crippen molar-refractivity contribution in [3.8, 4) is 17.0 Å². The second kappa shape index (κ2) is 10.1. The lowest BCUT2D eigenvalue weighted by molar-refractivity contribution is -0.274. The van der Waals surface area contributed by atoms with Gasteiger partial charge in [-0.15, -0.1) is 13.2 Å². The van der Waals surface area contributed by atoms with E-state index in [1.165, 1.54) is 18.2 Å². The number of rotatable bonds is 8. The van der Waals surface area contributed by atoms with Crippen LogP contribution in [0.4, 0.5) is 18.9 Å². The molecule has 0 unspecified atom stereocenters. The molecule has 1 aliphatic carbocycles. The summed E-state index contributed by atoms with van der Waals surface area (Å²) in [7, 11) is 0. The van der Waals surface area contributed by atoms with Crippen LogP contribution >= 0.6 is 0 Å². The Morgan fingerprint density at radius 1 is 1.14 bits per heavy atom. The van der Waals surface area contributed by atoms with Crippen LogP contribution in [0.15, 0.2) is 47.0 Å². The summed E-state index contributed by atoms with van der Waals surface area (Å²) < 4.78 is 55.0. The highest BCUT2D eigenvalue weighted by Gasteiger charge is 2.36. The zero-order valence-electron chi connectivity index (χ0n) is 20.3. The van der Waals surface area contributed by atoms with Crippen molar-refractivity contribution >= 4 is 11.7 Å². The number of aromatic carboxylic acids is 1. The molecule has 1 aromatic heterocycles. The minimum atomic E-state index is -4.82. The summed E-state index contributed by atoms with van der Waals surface area (Å²) in [6.45, 7) is 3.45. The van der Waals surface area contributed by atoms with Crippen LogP contribution in [-0.2, 0) is 11.3 Å². The largest absolute Gasteiger partial charge is 0.573 e. The molecule has 1 saturated heterocycles. The van der Waals surface area contributed by atoms with Crippen molar-refractivity contribution in [2.45, 2.75) is 57.6 Å². The zero-order chi connectivity index (χ0) is 26.2. The van der Waals surface area contributed by atoms with Gasteiger partial charge in [-0.05, 0) is 68.5 Å². The molecule has 0 atom stereocenters. The molecule has 0 radical (unpaired) electrons. The predicted octanol–water partition coefficient (Wildman–Crippen LogP) is 6.31. The second-order valence-corrected chi connectivity index (χ2v) is 9.49. The van der Waals surface area contributed by atoms with Crippen LogP contribution in [0.5, 0.6) is 5.75 Å². The van der Waals surface area contributed by atoms with E-state index in [1.807, 2.05) is 12.1 Å². The van der Waals surface area contributed by atoms with Gasteiger partial charge in [0.15, 0.2) is 0 Å². The van der Waals surface area contributed by atoms with E-state index in [9.17, 15) is 23.1 Å². The molecule has 1 saturated carbocycles. The van der Waals surface area contributed by atoms with Crippen molar-refractivity contribution in [1.29, 1.82) is 0 Å². The van der Waals surface area contributed by atoms with Crippen molar-refractivity contribution in [2.75, 3.05) is 18.0 Å². The Bertz CT molecular complexity index is 1280. The van der Waals surface area contributed by atoms with Gasteiger partial charge in [-0.1, -0.05) is 17.3 Å². The second-order valence-electron chi connectivity index (χ2n) is 9.49. The fourth-order valence-corrected chi connectivity index (χ4v) is 4.78. The molecule has 0 bridgehead atoms. The monoisotopic (exact) mass is 516 g/mol. The molecular formula is C27H27F3N2O5. The number of halogens is 3. The van der Waals surface area contributed by atoms with Crippen molar-refractivity contribution < 1.29 is 37.1 Å². The third kappa shape index (κ3) is 5.74. The Morgan fingerprint density at radius 2 is 1.86 bits per heavy atom. The summed E-state index contributed by atoms with van der Waals surface area (Å²) in [6, 6.07) is 11.2. The van der Waals surface area contributed by atoms with E-state index in [1.54, 1.807) is 19.1 Å². The lowest BCUT2D eigenvalue weighted by atomic mass is 10.0. The first-order valence-corrected chi connectivity index (χ1v) is 12.2. The molecule has 3 aromatic rings. The topological polar surface area (TPSA) is 85.0 Å². The van der Waals surface area contributed by atoms with Crippen LogP contribution in [0.25, 0.3) is 11.3 Å². The van der Waals surface area contributed by atoms with Crippen LogP contribution in [-0.4, -0.2) is 41.8 Å². The number of alkyl halides is 3. The van der Waals surface area contributed by atoms with Crippen LogP contribution < -0.4 is 9.64 Å². The summed E-state index contributed by atoms with van der Waals surface area (Å²) in [5.41, 5.74) is 3.17. The summed E-state index contributed by atoms with van der Waals surface area (Å²) in [4.78, 5) is 13.5. The maximum atomic E-state index is 13.0. The van der Waals surface area contributed by atoms with E-state index in [-0.39, 0.29) is 29.9 Å². The van der Waals surface area contributed by atoms with E-state index in [4.69, 9.17) is 9.26 Å². The molecule has 0 amide bonds. The summed E-state index contributed by atoms with van der Waals surface area (Å²) >= 11 is 0. The summed E-state index contributed by atoms with van der Waals surface area (Å²) in [5.74, 6) is -0.399. The Morgan fingerprint density at radius 3 is 2.51 bits per heavy atom. The Labute approximate surface area is 211 Å². The molecule has 0 spiro atoms. The average molecular weight is 517 g/mol. The van der Waals surface area contributed by atoms with Crippen LogP contribution in [0.2, 0.25) is 0 Å². The van der Waals surface area contributed by atoms with E-state index in [0.29, 0.717) is 28.1 Å². The third-order valence-electron chi connectivity index (χ3n) is 6.85. The molecule has 10 heteroatoms. The molecule has 2 fully saturated rings. The SMILES string of the molecule is Cc1cc(N2CCC(OCc3c(-c4ccccc4OC(F)(F)F)noc3C3CC3)CC2)ccc1C(=O)O. The Hall–Kier alpha value is -3.53. The Kier molecular flexibility index (Phi) is 6.85. The molecule has 1 N–H and O–H groups in total. The zero-order valence-corrected chi connectivity index (χ0v) is 20.3. The van der Waals surface area contributed by atoms with Crippen LogP contribution in [0.1, 0.15) is 58.8 Å². The lowest BCUT2D eigenvalue weighted by Crippen LogP contribution is -2.37. The molecule has 2 heterocycles. The van der Waals surface area contributed by atoms with Gasteiger partial charge in [-0.3, -0.25) is 0 Å². The third-order valence-corrected chi connectivity index (χ3v) is 6.85. The summed E-state index contributed by atoms with van der Waals surface area (Å²) in [6.07, 6.45) is -1.45. The van der Waals surface area contributed by atoms with Gasteiger partial charge < -0.3 is 24.0 Å². The number of carboxylic acids is 1. The normalized spacial score (nSPS) is 16.7. The molecule has 196 valence electrons. The predicted molar refractivity (Wildman–Crippen MR) is 129 cm³/mol. The first-order chi connectivity index (χ1) is 17.7. The van der Waals surface area contributed by atoms with Gasteiger partial charge in [0.1, 0.15) is 17.2 Å². The highest BCUT2D eigenvalue weighted by molar-refractivity contribution is 5.89. The molecule has 1 aliphatic heterocycles. The van der Waals surface area contributed by atoms with Gasteiger partial charge in [0.25, 0.3) is 0 Å². The first kappa shape index (κ1) is 25.1. The van der Waals surface area contributed by atoms with Crippen LogP contribution in [0, 0.1) is 6.92 Å². The molecule has 5 rings (SSSR count). The number of ether oxygens (including phenoxy) is 2. The number of benzene rings is 2. The number of carbonyl (C=O) groups is 1. The van der Waals surface area contributed by atoms with E-state index >= 15 is 0 Å². The maximum absolute atomic E-state index is 13.0. The number of nitrogens with zero attached hydrogens (tertiary/aromatic N) is 2. The highest BCUT2D eigenvalue weighted by atomic mass is 19.4. The van der Waals surface area contributed by atoms with Gasteiger partial charge >= 0.3 is 12.3 Å². The average Bonchev–Trinajstić information content (AvgIpc) is 3.61. The number of carboxylic acid groups (broad SMARTS) is 1. The molecular weight excluding hydrogens is 489 g/mol.